The van der Waals surface area contributed by atoms with E-state index in [0.29, 0.717) is 16.1 Å². The van der Waals surface area contributed by atoms with E-state index in [1.54, 1.807) is 18.2 Å². The second-order valence-electron chi connectivity index (χ2n) is 4.52. The first-order valence-electron chi connectivity index (χ1n) is 6.03. The summed E-state index contributed by atoms with van der Waals surface area (Å²) in [5.74, 6) is -2.52. The molecule has 6 N–H and O–H groups in total. The van der Waals surface area contributed by atoms with Crippen LogP contribution in [-0.4, -0.2) is 34.7 Å². The topological polar surface area (TPSA) is 127 Å². The molecule has 0 saturated heterocycles. The summed E-state index contributed by atoms with van der Waals surface area (Å²) in [6, 6.07) is 3.83. The number of rotatable bonds is 7. The van der Waals surface area contributed by atoms with Crippen LogP contribution in [-0.2, 0) is 16.0 Å². The summed E-state index contributed by atoms with van der Waals surface area (Å²) in [6.45, 7) is 0.127. The number of nitrogens with two attached hydrogens (primary N) is 2. The Labute approximate surface area is 121 Å². The molecule has 0 fully saturated rings. The van der Waals surface area contributed by atoms with Gasteiger partial charge in [-0.2, -0.15) is 0 Å². The number of hydrogen-bond acceptors (Lipinski definition) is 4. The van der Waals surface area contributed by atoms with Crippen molar-refractivity contribution in [2.24, 2.45) is 11.5 Å². The maximum absolute atomic E-state index is 10.9. The zero-order chi connectivity index (χ0) is 15.3. The zero-order valence-corrected chi connectivity index (χ0v) is 11.5. The average molecular weight is 301 g/mol. The third-order valence-electron chi connectivity index (χ3n) is 3.01. The van der Waals surface area contributed by atoms with Crippen LogP contribution in [0.5, 0.6) is 0 Å². The lowest BCUT2D eigenvalue weighted by atomic mass is 9.89. The summed E-state index contributed by atoms with van der Waals surface area (Å²) in [5.41, 5.74) is 12.4. The highest BCUT2D eigenvalue weighted by molar-refractivity contribution is 6.30. The summed E-state index contributed by atoms with van der Waals surface area (Å²) < 4.78 is 0. The number of aliphatic carboxylic acids is 2. The summed E-state index contributed by atoms with van der Waals surface area (Å²) in [5, 5.41) is 18.2. The average Bonchev–Trinajstić information content (AvgIpc) is 2.37. The third kappa shape index (κ3) is 4.48. The molecule has 0 heterocycles. The van der Waals surface area contributed by atoms with E-state index in [1.165, 1.54) is 0 Å². The molecule has 2 atom stereocenters. The molecule has 20 heavy (non-hydrogen) atoms. The molecule has 110 valence electrons. The van der Waals surface area contributed by atoms with Gasteiger partial charge in [0.05, 0.1) is 6.42 Å². The monoisotopic (exact) mass is 300 g/mol. The van der Waals surface area contributed by atoms with Gasteiger partial charge < -0.3 is 21.7 Å². The van der Waals surface area contributed by atoms with Gasteiger partial charge in [0.25, 0.3) is 0 Å². The summed E-state index contributed by atoms with van der Waals surface area (Å²) in [7, 11) is 0. The van der Waals surface area contributed by atoms with Gasteiger partial charge in [0.15, 0.2) is 0 Å². The summed E-state index contributed by atoms with van der Waals surface area (Å²) in [6.07, 6.45) is -0.0515. The molecule has 0 amide bonds. The normalized spacial score (nSPS) is 13.8. The Morgan fingerprint density at radius 1 is 1.30 bits per heavy atom. The molecule has 7 heteroatoms. The number of halogens is 1. The Morgan fingerprint density at radius 2 is 1.95 bits per heavy atom. The van der Waals surface area contributed by atoms with Gasteiger partial charge in [0.1, 0.15) is 6.04 Å². The highest BCUT2D eigenvalue weighted by Crippen LogP contribution is 2.27. The molecular weight excluding hydrogens is 284 g/mol. The molecular formula is C13H17ClN2O4. The first-order chi connectivity index (χ1) is 9.35. The number of hydrogen-bond donors (Lipinski definition) is 4. The van der Waals surface area contributed by atoms with Crippen LogP contribution >= 0.6 is 11.6 Å². The van der Waals surface area contributed by atoms with Gasteiger partial charge in [-0.3, -0.25) is 9.59 Å². The molecule has 0 aliphatic rings. The Bertz CT molecular complexity index is 507. The van der Waals surface area contributed by atoms with Crippen LogP contribution in [0, 0.1) is 0 Å². The van der Waals surface area contributed by atoms with Crippen molar-refractivity contribution < 1.29 is 19.8 Å². The zero-order valence-electron chi connectivity index (χ0n) is 10.8. The third-order valence-corrected chi connectivity index (χ3v) is 3.25. The van der Waals surface area contributed by atoms with Gasteiger partial charge >= 0.3 is 11.9 Å². The van der Waals surface area contributed by atoms with E-state index in [9.17, 15) is 9.59 Å². The number of benzene rings is 1. The molecule has 0 saturated carbocycles. The van der Waals surface area contributed by atoms with Gasteiger partial charge in [-0.1, -0.05) is 17.7 Å². The molecule has 1 rings (SSSR count). The Kier molecular flexibility index (Phi) is 5.94. The smallest absolute Gasteiger partial charge is 0.320 e. The maximum atomic E-state index is 10.9. The predicted molar refractivity (Wildman–Crippen MR) is 74.8 cm³/mol. The van der Waals surface area contributed by atoms with E-state index < -0.39 is 23.9 Å². The van der Waals surface area contributed by atoms with E-state index >= 15 is 0 Å². The number of carbonyl (C=O) groups is 2. The first-order valence-corrected chi connectivity index (χ1v) is 6.41. The van der Waals surface area contributed by atoms with E-state index in [0.717, 1.165) is 0 Å². The van der Waals surface area contributed by atoms with Crippen LogP contribution in [0.1, 0.15) is 23.5 Å². The fraction of sp³-hybridized carbons (Fsp3) is 0.385. The van der Waals surface area contributed by atoms with E-state index in [2.05, 4.69) is 0 Å². The lowest BCUT2D eigenvalue weighted by Gasteiger charge is -2.19. The molecule has 1 aromatic carbocycles. The highest BCUT2D eigenvalue weighted by Gasteiger charge is 2.21. The minimum atomic E-state index is -1.12. The maximum Gasteiger partial charge on any atom is 0.320 e. The van der Waals surface area contributed by atoms with Crippen LogP contribution < -0.4 is 11.5 Å². The SMILES string of the molecule is NCC(CC(=O)O)c1cc(Cl)ccc1CC(N)C(=O)O. The molecule has 6 nitrogen and oxygen atoms in total. The largest absolute Gasteiger partial charge is 0.481 e. The van der Waals surface area contributed by atoms with E-state index in [4.69, 9.17) is 33.3 Å². The fourth-order valence-corrected chi connectivity index (χ4v) is 2.17. The molecule has 0 radical (unpaired) electrons. The molecule has 0 aromatic heterocycles. The predicted octanol–water partition coefficient (Wildman–Crippen LogP) is 0.811. The van der Waals surface area contributed by atoms with Crippen molar-refractivity contribution in [2.75, 3.05) is 6.54 Å². The highest BCUT2D eigenvalue weighted by atomic mass is 35.5. The van der Waals surface area contributed by atoms with Crippen molar-refractivity contribution in [2.45, 2.75) is 24.8 Å². The molecule has 2 unspecified atom stereocenters. The Morgan fingerprint density at radius 3 is 2.45 bits per heavy atom. The van der Waals surface area contributed by atoms with Gasteiger partial charge in [-0.15, -0.1) is 0 Å². The lowest BCUT2D eigenvalue weighted by molar-refractivity contribution is -0.139. The molecule has 0 spiro atoms. The quantitative estimate of drug-likeness (QED) is 0.590. The second-order valence-corrected chi connectivity index (χ2v) is 4.96. The summed E-state index contributed by atoms with van der Waals surface area (Å²) >= 11 is 5.92. The van der Waals surface area contributed by atoms with Crippen LogP contribution in [0.3, 0.4) is 0 Å². The van der Waals surface area contributed by atoms with Crippen molar-refractivity contribution >= 4 is 23.5 Å². The molecule has 0 aliphatic heterocycles. The first kappa shape index (κ1) is 16.4. The minimum Gasteiger partial charge on any atom is -0.481 e. The molecule has 0 bridgehead atoms. The van der Waals surface area contributed by atoms with Gasteiger partial charge in [0, 0.05) is 10.9 Å². The van der Waals surface area contributed by atoms with Crippen molar-refractivity contribution in [3.63, 3.8) is 0 Å². The summed E-state index contributed by atoms with van der Waals surface area (Å²) in [4.78, 5) is 21.7. The van der Waals surface area contributed by atoms with Crippen LogP contribution in [0.4, 0.5) is 0 Å². The van der Waals surface area contributed by atoms with Crippen molar-refractivity contribution in [1.82, 2.24) is 0 Å². The number of carboxylic acid groups (broad SMARTS) is 2. The van der Waals surface area contributed by atoms with Gasteiger partial charge in [-0.25, -0.2) is 0 Å². The lowest BCUT2D eigenvalue weighted by Crippen LogP contribution is -2.33. The molecule has 0 aliphatic carbocycles. The van der Waals surface area contributed by atoms with Gasteiger partial charge in [-0.05, 0) is 36.2 Å². The Balaban J connectivity index is 3.11. The van der Waals surface area contributed by atoms with Crippen LogP contribution in [0.25, 0.3) is 0 Å². The van der Waals surface area contributed by atoms with Crippen molar-refractivity contribution in [1.29, 1.82) is 0 Å². The fourth-order valence-electron chi connectivity index (χ4n) is 1.99. The van der Waals surface area contributed by atoms with E-state index in [-0.39, 0.29) is 19.4 Å². The van der Waals surface area contributed by atoms with Crippen molar-refractivity contribution in [3.05, 3.63) is 34.3 Å². The number of carboxylic acids is 2. The van der Waals surface area contributed by atoms with Gasteiger partial charge in [0.2, 0.25) is 0 Å². The van der Waals surface area contributed by atoms with Crippen molar-refractivity contribution in [3.8, 4) is 0 Å². The standard InChI is InChI=1S/C13H17ClN2O4/c14-9-2-1-7(3-11(16)13(19)20)10(5-9)8(6-15)4-12(17)18/h1-2,5,8,11H,3-4,6,15-16H2,(H,17,18)(H,19,20). The molecule has 1 aromatic rings. The van der Waals surface area contributed by atoms with E-state index in [1.807, 2.05) is 0 Å². The second kappa shape index (κ2) is 7.23. The van der Waals surface area contributed by atoms with Crippen LogP contribution in [0.2, 0.25) is 5.02 Å². The van der Waals surface area contributed by atoms with Crippen LogP contribution in [0.15, 0.2) is 18.2 Å². The minimum absolute atomic E-state index is 0.0952. The Hall–Kier alpha value is -1.63.